The Labute approximate surface area is 467 Å². The molecule has 2 aliphatic rings. The number of carbonyl (C=O) groups is 7. The highest BCUT2D eigenvalue weighted by molar-refractivity contribution is 7.45. The van der Waals surface area contributed by atoms with Gasteiger partial charge in [-0.05, 0) is 76.4 Å². The summed E-state index contributed by atoms with van der Waals surface area (Å²) >= 11 is 0. The number of ether oxygens (including phenoxy) is 10. The SMILES string of the molecule is C=CCCCCCCCCOP(=O)([O-])O[C@H]1O[C@H](COC(=O)c2ccccc2)[C@@H](O[C@@H]2O[C@H](COC(C)=O)[C@H](OC(C)=O)[C@H](OC(C)=O)[C@H]2OC(C)=O)[C@@H](OC(=O)c2ccccc2)[C@@H]1OC(=O)c1ccccc1.CC[NH+](CC)CC. The summed E-state index contributed by atoms with van der Waals surface area (Å²) in [6.07, 6.45) is -11.7. The van der Waals surface area contributed by atoms with E-state index in [4.69, 9.17) is 56.4 Å². The molecule has 0 bridgehead atoms. The van der Waals surface area contributed by atoms with Gasteiger partial charge in [-0.1, -0.05) is 86.4 Å². The van der Waals surface area contributed by atoms with Gasteiger partial charge in [0.25, 0.3) is 7.82 Å². The van der Waals surface area contributed by atoms with Gasteiger partial charge in [-0.3, -0.25) is 28.3 Å². The van der Waals surface area contributed by atoms with Crippen molar-refractivity contribution in [1.82, 2.24) is 0 Å². The van der Waals surface area contributed by atoms with Crippen molar-refractivity contribution in [2.24, 2.45) is 0 Å². The summed E-state index contributed by atoms with van der Waals surface area (Å²) in [5.74, 6) is -6.81. The lowest BCUT2D eigenvalue weighted by Gasteiger charge is -2.49. The molecule has 23 heteroatoms. The number of phosphoric ester groups is 1. The molecule has 3 aromatic rings. The molecule has 2 aliphatic heterocycles. The highest BCUT2D eigenvalue weighted by atomic mass is 31.2. The van der Waals surface area contributed by atoms with Crippen LogP contribution in [0.3, 0.4) is 0 Å². The maximum atomic E-state index is 14.2. The van der Waals surface area contributed by atoms with Crippen LogP contribution in [-0.4, -0.2) is 143 Å². The quantitative estimate of drug-likeness (QED) is 0.0281. The van der Waals surface area contributed by atoms with Gasteiger partial charge in [0.05, 0.1) is 42.9 Å². The largest absolute Gasteiger partial charge is 0.756 e. The van der Waals surface area contributed by atoms with Gasteiger partial charge in [0.1, 0.15) is 31.5 Å². The maximum Gasteiger partial charge on any atom is 0.338 e. The van der Waals surface area contributed by atoms with E-state index in [1.165, 1.54) is 80.3 Å². The van der Waals surface area contributed by atoms with Crippen molar-refractivity contribution in [3.63, 3.8) is 0 Å². The third-order valence-corrected chi connectivity index (χ3v) is 13.5. The second kappa shape index (κ2) is 34.7. The van der Waals surface area contributed by atoms with E-state index in [0.29, 0.717) is 12.8 Å². The van der Waals surface area contributed by atoms with Crippen LogP contribution >= 0.6 is 7.82 Å². The fourth-order valence-electron chi connectivity index (χ4n) is 8.50. The number of esters is 7. The normalized spacial score (nSPS) is 23.1. The molecule has 5 rings (SSSR count). The Morgan fingerprint density at radius 3 is 1.43 bits per heavy atom. The number of quaternary nitrogens is 1. The highest BCUT2D eigenvalue weighted by Crippen LogP contribution is 2.45. The third kappa shape index (κ3) is 22.3. The van der Waals surface area contributed by atoms with Crippen molar-refractivity contribution in [1.29, 1.82) is 0 Å². The van der Waals surface area contributed by atoms with Crippen molar-refractivity contribution in [3.05, 3.63) is 120 Å². The van der Waals surface area contributed by atoms with Gasteiger partial charge in [0, 0.05) is 27.7 Å². The van der Waals surface area contributed by atoms with E-state index in [1.54, 1.807) is 35.2 Å². The number of hydrogen-bond acceptors (Lipinski definition) is 21. The van der Waals surface area contributed by atoms with Crippen molar-refractivity contribution in [3.8, 4) is 0 Å². The molecule has 0 amide bonds. The molecule has 0 aromatic heterocycles. The van der Waals surface area contributed by atoms with Crippen LogP contribution in [0, 0.1) is 0 Å². The minimum absolute atomic E-state index is 0.0589. The number of phosphoric acid groups is 1. The Kier molecular flexibility index (Phi) is 28.7. The van der Waals surface area contributed by atoms with E-state index in [-0.39, 0.29) is 23.3 Å². The van der Waals surface area contributed by atoms with Crippen molar-refractivity contribution in [2.45, 2.75) is 155 Å². The zero-order chi connectivity index (χ0) is 58.6. The predicted octanol–water partition coefficient (Wildman–Crippen LogP) is 5.84. The van der Waals surface area contributed by atoms with E-state index in [2.05, 4.69) is 27.4 Å². The zero-order valence-corrected chi connectivity index (χ0v) is 47.3. The molecule has 22 nitrogen and oxygen atoms in total. The molecule has 2 saturated heterocycles. The molecule has 2 fully saturated rings. The first-order valence-corrected chi connectivity index (χ1v) is 28.2. The summed E-state index contributed by atoms with van der Waals surface area (Å²) in [4.78, 5) is 108. The Morgan fingerprint density at radius 1 is 0.525 bits per heavy atom. The molecule has 0 aliphatic carbocycles. The van der Waals surface area contributed by atoms with Crippen LogP contribution < -0.4 is 9.79 Å². The summed E-state index contributed by atoms with van der Waals surface area (Å²) in [6, 6.07) is 22.5. The summed E-state index contributed by atoms with van der Waals surface area (Å²) in [5.41, 5.74) is -0.0493. The van der Waals surface area contributed by atoms with Gasteiger partial charge in [0.2, 0.25) is 6.29 Å². The van der Waals surface area contributed by atoms with Crippen LogP contribution in [0.25, 0.3) is 0 Å². The fourth-order valence-corrected chi connectivity index (χ4v) is 9.34. The monoisotopic (exact) mass is 1140 g/mol. The summed E-state index contributed by atoms with van der Waals surface area (Å²) in [6.45, 7) is 16.5. The van der Waals surface area contributed by atoms with Gasteiger partial charge < -0.3 is 61.7 Å². The number of allylic oxidation sites excluding steroid dienone is 1. The van der Waals surface area contributed by atoms with Gasteiger partial charge in [-0.2, -0.15) is 0 Å². The van der Waals surface area contributed by atoms with E-state index < -0.39 is 124 Å². The van der Waals surface area contributed by atoms with Crippen LogP contribution in [0.15, 0.2) is 104 Å². The Balaban J connectivity index is 0.00000184. The molecule has 1 unspecified atom stereocenters. The van der Waals surface area contributed by atoms with Crippen LogP contribution in [0.5, 0.6) is 0 Å². The van der Waals surface area contributed by atoms with Gasteiger partial charge >= 0.3 is 41.8 Å². The molecular formula is C57H76NO21P. The summed E-state index contributed by atoms with van der Waals surface area (Å²) in [7, 11) is -5.44. The standard InChI is InChI=1S/C51H61O21P.C6H15N/c1-6-7-8-9-10-11-12-22-29-63-73(59,60)72-51-46(70-49(58)38-27-20-15-21-28-38)44(69-48(57)37-25-18-14-19-26-37)42(40(68-51)31-62-47(56)36-23-16-13-17-24-36)71-50-45(66-35(5)55)43(65-34(4)54)41(64-33(3)53)39(67-50)30-61-32(2)52;1-4-7(5-2)6-3/h6,13-21,23-28,39-46,50-51H,1,7-12,22,29-31H2,2-5H3,(H,59,60);4-6H2,1-3H3/t39-,40-,41+,42-,43+,44-,45-,46+,50+,51-;/m1./s1. The van der Waals surface area contributed by atoms with Crippen molar-refractivity contribution >= 4 is 49.6 Å². The Morgan fingerprint density at radius 2 is 0.938 bits per heavy atom. The topological polar surface area (TPSA) is 275 Å². The van der Waals surface area contributed by atoms with Crippen LogP contribution in [0.4, 0.5) is 0 Å². The van der Waals surface area contributed by atoms with Crippen molar-refractivity contribution in [2.75, 3.05) is 39.5 Å². The lowest BCUT2D eigenvalue weighted by molar-refractivity contribution is -0.894. The number of benzene rings is 3. The van der Waals surface area contributed by atoms with E-state index in [9.17, 15) is 43.0 Å². The van der Waals surface area contributed by atoms with Gasteiger partial charge in [-0.25, -0.2) is 14.4 Å². The summed E-state index contributed by atoms with van der Waals surface area (Å²) < 4.78 is 83.5. The zero-order valence-electron chi connectivity index (χ0n) is 46.4. The second-order valence-corrected chi connectivity index (χ2v) is 19.9. The fraction of sp³-hybridized carbons (Fsp3) is 0.526. The minimum Gasteiger partial charge on any atom is -0.756 e. The third-order valence-electron chi connectivity index (χ3n) is 12.5. The molecule has 2 heterocycles. The number of carbonyl (C=O) groups excluding carboxylic acids is 7. The number of hydrogen-bond donors (Lipinski definition) is 1. The second-order valence-electron chi connectivity index (χ2n) is 18.5. The molecule has 0 spiro atoms. The van der Waals surface area contributed by atoms with Crippen LogP contribution in [0.1, 0.15) is 124 Å². The van der Waals surface area contributed by atoms with Gasteiger partial charge in [0.15, 0.2) is 36.8 Å². The predicted molar refractivity (Wildman–Crippen MR) is 283 cm³/mol. The van der Waals surface area contributed by atoms with E-state index in [0.717, 1.165) is 59.8 Å². The molecule has 440 valence electrons. The Bertz CT molecular complexity index is 2460. The minimum atomic E-state index is -5.44. The van der Waals surface area contributed by atoms with Crippen LogP contribution in [-0.2, 0) is 80.2 Å². The van der Waals surface area contributed by atoms with Gasteiger partial charge in [-0.15, -0.1) is 6.58 Å². The molecule has 0 saturated carbocycles. The Hall–Kier alpha value is -6.36. The van der Waals surface area contributed by atoms with E-state index in [1.807, 2.05) is 6.08 Å². The number of rotatable bonds is 29. The van der Waals surface area contributed by atoms with Crippen LogP contribution in [0.2, 0.25) is 0 Å². The first-order valence-electron chi connectivity index (χ1n) is 26.7. The molecule has 11 atom stereocenters. The average molecular weight is 1140 g/mol. The number of nitrogens with one attached hydrogen (secondary N) is 1. The molecular weight excluding hydrogens is 1070 g/mol. The maximum absolute atomic E-state index is 14.2. The smallest absolute Gasteiger partial charge is 0.338 e. The average Bonchev–Trinajstić information content (AvgIpc) is 3.47. The summed E-state index contributed by atoms with van der Waals surface area (Å²) in [5, 5.41) is 0. The van der Waals surface area contributed by atoms with E-state index >= 15 is 0 Å². The number of unbranched alkanes of at least 4 members (excludes halogenated alkanes) is 6. The van der Waals surface area contributed by atoms with Crippen molar-refractivity contribution < 1.29 is 104 Å². The molecule has 1 N–H and O–H groups in total. The lowest BCUT2D eigenvalue weighted by atomic mass is 9.96. The molecule has 0 radical (unpaired) electrons. The lowest BCUT2D eigenvalue weighted by Crippen LogP contribution is -3.11. The molecule has 3 aromatic carbocycles. The first kappa shape index (κ1) is 66.2. The first-order chi connectivity index (χ1) is 38.3. The highest BCUT2D eigenvalue weighted by Gasteiger charge is 2.58. The molecule has 80 heavy (non-hydrogen) atoms.